The third-order valence-corrected chi connectivity index (χ3v) is 5.75. The van der Waals surface area contributed by atoms with Gasteiger partial charge >= 0.3 is 11.8 Å². The molecule has 0 saturated heterocycles. The van der Waals surface area contributed by atoms with Crippen molar-refractivity contribution in [2.45, 2.75) is 52.1 Å². The first kappa shape index (κ1) is 21.6. The van der Waals surface area contributed by atoms with E-state index in [2.05, 4.69) is 22.9 Å². The Morgan fingerprint density at radius 3 is 2.40 bits per heavy atom. The molecule has 1 fully saturated rings. The van der Waals surface area contributed by atoms with Crippen molar-refractivity contribution in [3.8, 4) is 0 Å². The zero-order valence-electron chi connectivity index (χ0n) is 17.5. The van der Waals surface area contributed by atoms with E-state index in [0.29, 0.717) is 23.7 Å². The van der Waals surface area contributed by atoms with Crippen molar-refractivity contribution >= 4 is 23.4 Å². The molecule has 3 N–H and O–H groups in total. The normalized spacial score (nSPS) is 18.3. The lowest BCUT2D eigenvalue weighted by atomic mass is 9.86. The second-order valence-electron chi connectivity index (χ2n) is 7.95. The van der Waals surface area contributed by atoms with Crippen molar-refractivity contribution in [1.29, 1.82) is 0 Å². The lowest BCUT2D eigenvalue weighted by Gasteiger charge is -2.29. The molecule has 1 aliphatic rings. The van der Waals surface area contributed by atoms with Crippen molar-refractivity contribution in [3.05, 3.63) is 65.2 Å². The van der Waals surface area contributed by atoms with Crippen molar-refractivity contribution in [3.63, 3.8) is 0 Å². The van der Waals surface area contributed by atoms with Crippen LogP contribution in [0.15, 0.2) is 48.5 Å². The predicted octanol–water partition coefficient (Wildman–Crippen LogP) is 3.56. The van der Waals surface area contributed by atoms with Gasteiger partial charge in [-0.3, -0.25) is 14.4 Å². The van der Waals surface area contributed by atoms with Crippen molar-refractivity contribution in [2.75, 3.05) is 5.32 Å². The van der Waals surface area contributed by atoms with Gasteiger partial charge in [0.15, 0.2) is 0 Å². The van der Waals surface area contributed by atoms with E-state index in [4.69, 9.17) is 0 Å². The Labute approximate surface area is 177 Å². The van der Waals surface area contributed by atoms with Crippen LogP contribution in [0, 0.1) is 12.8 Å². The topological polar surface area (TPSA) is 87.3 Å². The highest BCUT2D eigenvalue weighted by molar-refractivity contribution is 6.40. The average Bonchev–Trinajstić information content (AvgIpc) is 2.75. The Hall–Kier alpha value is -3.15. The fraction of sp³-hybridized carbons (Fsp3) is 0.375. The second-order valence-corrected chi connectivity index (χ2v) is 7.95. The fourth-order valence-corrected chi connectivity index (χ4v) is 3.81. The first-order valence-corrected chi connectivity index (χ1v) is 10.5. The minimum Gasteiger partial charge on any atom is -0.348 e. The highest BCUT2D eigenvalue weighted by atomic mass is 16.2. The molecule has 2 aromatic rings. The first-order valence-electron chi connectivity index (χ1n) is 10.5. The van der Waals surface area contributed by atoms with E-state index in [0.717, 1.165) is 36.8 Å². The fourth-order valence-electron chi connectivity index (χ4n) is 3.81. The SMILES string of the molecule is Cc1ccccc1CNC(=O)c1ccccc1NC(=O)C(=O)N[C@@H]1CCCC[C@H]1C. The summed E-state index contributed by atoms with van der Waals surface area (Å²) < 4.78 is 0. The van der Waals surface area contributed by atoms with E-state index >= 15 is 0 Å². The Morgan fingerprint density at radius 2 is 1.63 bits per heavy atom. The van der Waals surface area contributed by atoms with Crippen molar-refractivity contribution in [1.82, 2.24) is 10.6 Å². The van der Waals surface area contributed by atoms with Gasteiger partial charge in [0, 0.05) is 12.6 Å². The summed E-state index contributed by atoms with van der Waals surface area (Å²) in [5.74, 6) is -1.37. The van der Waals surface area contributed by atoms with Gasteiger partial charge in [-0.2, -0.15) is 0 Å². The number of para-hydroxylation sites is 1. The van der Waals surface area contributed by atoms with E-state index in [1.807, 2.05) is 31.2 Å². The molecule has 30 heavy (non-hydrogen) atoms. The molecule has 3 amide bonds. The summed E-state index contributed by atoms with van der Waals surface area (Å²) in [6.45, 7) is 4.46. The van der Waals surface area contributed by atoms with Crippen LogP contribution in [-0.2, 0) is 16.1 Å². The Morgan fingerprint density at radius 1 is 0.933 bits per heavy atom. The molecule has 6 nitrogen and oxygen atoms in total. The Kier molecular flexibility index (Phi) is 7.22. The summed E-state index contributed by atoms with van der Waals surface area (Å²) in [4.78, 5) is 37.5. The molecular formula is C24H29N3O3. The van der Waals surface area contributed by atoms with Crippen LogP contribution in [0.3, 0.4) is 0 Å². The van der Waals surface area contributed by atoms with Crippen molar-refractivity contribution in [2.24, 2.45) is 5.92 Å². The quantitative estimate of drug-likeness (QED) is 0.663. The molecule has 158 valence electrons. The molecule has 1 aliphatic carbocycles. The van der Waals surface area contributed by atoms with Crippen LogP contribution >= 0.6 is 0 Å². The zero-order chi connectivity index (χ0) is 21.5. The number of amides is 3. The smallest absolute Gasteiger partial charge is 0.313 e. The standard InChI is InChI=1S/C24H29N3O3/c1-16-9-3-5-11-18(16)15-25-22(28)19-12-6-8-14-21(19)27-24(30)23(29)26-20-13-7-4-10-17(20)2/h3,5-6,8-9,11-12,14,17,20H,4,7,10,13,15H2,1-2H3,(H,25,28)(H,26,29)(H,27,30)/t17-,20-/m1/s1. The molecule has 0 unspecified atom stereocenters. The summed E-state index contributed by atoms with van der Waals surface area (Å²) in [5, 5.41) is 8.31. The maximum atomic E-state index is 12.7. The molecule has 0 radical (unpaired) electrons. The minimum absolute atomic E-state index is 0.0182. The van der Waals surface area contributed by atoms with Crippen LogP contribution in [0.4, 0.5) is 5.69 Å². The zero-order valence-corrected chi connectivity index (χ0v) is 17.5. The molecule has 2 atom stereocenters. The third-order valence-electron chi connectivity index (χ3n) is 5.75. The molecule has 0 bridgehead atoms. The van der Waals surface area contributed by atoms with Crippen LogP contribution in [0.1, 0.15) is 54.1 Å². The van der Waals surface area contributed by atoms with Crippen LogP contribution < -0.4 is 16.0 Å². The summed E-state index contributed by atoms with van der Waals surface area (Å²) in [6, 6.07) is 14.5. The van der Waals surface area contributed by atoms with Gasteiger partial charge in [0.05, 0.1) is 11.3 Å². The van der Waals surface area contributed by atoms with Crippen LogP contribution in [-0.4, -0.2) is 23.8 Å². The molecule has 0 spiro atoms. The van der Waals surface area contributed by atoms with Gasteiger partial charge in [0.2, 0.25) is 0 Å². The Balaban J connectivity index is 1.62. The van der Waals surface area contributed by atoms with Gasteiger partial charge in [0.1, 0.15) is 0 Å². The maximum Gasteiger partial charge on any atom is 0.313 e. The molecule has 3 rings (SSSR count). The van der Waals surface area contributed by atoms with Gasteiger partial charge in [0.25, 0.3) is 5.91 Å². The molecule has 6 heteroatoms. The highest BCUT2D eigenvalue weighted by Crippen LogP contribution is 2.23. The molecule has 0 aliphatic heterocycles. The number of benzene rings is 2. The van der Waals surface area contributed by atoms with E-state index in [1.54, 1.807) is 24.3 Å². The summed E-state index contributed by atoms with van der Waals surface area (Å²) >= 11 is 0. The second kappa shape index (κ2) is 10.1. The first-order chi connectivity index (χ1) is 14.5. The minimum atomic E-state index is -0.757. The van der Waals surface area contributed by atoms with E-state index in [-0.39, 0.29) is 11.9 Å². The van der Waals surface area contributed by atoms with E-state index < -0.39 is 11.8 Å². The predicted molar refractivity (Wildman–Crippen MR) is 117 cm³/mol. The third kappa shape index (κ3) is 5.47. The lowest BCUT2D eigenvalue weighted by Crippen LogP contribution is -2.46. The molecular weight excluding hydrogens is 378 g/mol. The van der Waals surface area contributed by atoms with E-state index in [1.165, 1.54) is 0 Å². The number of nitrogens with one attached hydrogen (secondary N) is 3. The van der Waals surface area contributed by atoms with Gasteiger partial charge in [-0.15, -0.1) is 0 Å². The summed E-state index contributed by atoms with van der Waals surface area (Å²) in [7, 11) is 0. The lowest BCUT2D eigenvalue weighted by molar-refractivity contribution is -0.137. The van der Waals surface area contributed by atoms with Gasteiger partial charge in [-0.05, 0) is 48.9 Å². The number of rotatable bonds is 5. The number of aryl methyl sites for hydroxylation is 1. The van der Waals surface area contributed by atoms with E-state index in [9.17, 15) is 14.4 Å². The molecule has 0 heterocycles. The van der Waals surface area contributed by atoms with Gasteiger partial charge in [-0.1, -0.05) is 56.2 Å². The Bertz CT molecular complexity index is 925. The number of carbonyl (C=O) groups excluding carboxylic acids is 3. The maximum absolute atomic E-state index is 12.7. The molecule has 1 saturated carbocycles. The number of carbonyl (C=O) groups is 3. The average molecular weight is 408 g/mol. The van der Waals surface area contributed by atoms with Gasteiger partial charge in [-0.25, -0.2) is 0 Å². The van der Waals surface area contributed by atoms with Crippen molar-refractivity contribution < 1.29 is 14.4 Å². The van der Waals surface area contributed by atoms with Gasteiger partial charge < -0.3 is 16.0 Å². The number of hydrogen-bond donors (Lipinski definition) is 3. The molecule has 0 aromatic heterocycles. The summed E-state index contributed by atoms with van der Waals surface area (Å²) in [5.41, 5.74) is 2.75. The largest absolute Gasteiger partial charge is 0.348 e. The van der Waals surface area contributed by atoms with Crippen LogP contribution in [0.25, 0.3) is 0 Å². The van der Waals surface area contributed by atoms with Crippen LogP contribution in [0.2, 0.25) is 0 Å². The monoisotopic (exact) mass is 407 g/mol. The summed E-state index contributed by atoms with van der Waals surface area (Å²) in [6.07, 6.45) is 4.15. The number of hydrogen-bond acceptors (Lipinski definition) is 3. The molecule has 2 aromatic carbocycles. The highest BCUT2D eigenvalue weighted by Gasteiger charge is 2.26. The van der Waals surface area contributed by atoms with Crippen LogP contribution in [0.5, 0.6) is 0 Å². The number of anilines is 1.